The van der Waals surface area contributed by atoms with Gasteiger partial charge in [0.25, 0.3) is 0 Å². The second kappa shape index (κ2) is 8.73. The van der Waals surface area contributed by atoms with E-state index in [1.807, 2.05) is 73.0 Å². The highest BCUT2D eigenvalue weighted by molar-refractivity contribution is 7.99. The van der Waals surface area contributed by atoms with Crippen molar-refractivity contribution >= 4 is 17.7 Å². The molecule has 0 saturated heterocycles. The Kier molecular flexibility index (Phi) is 6.13. The molecule has 3 rings (SSSR count). The van der Waals surface area contributed by atoms with E-state index in [9.17, 15) is 4.79 Å². The summed E-state index contributed by atoms with van der Waals surface area (Å²) in [5.41, 5.74) is 1.83. The molecule has 0 unspecified atom stereocenters. The number of rotatable bonds is 7. The number of esters is 1. The quantitative estimate of drug-likeness (QED) is 0.454. The number of ether oxygens (including phenoxy) is 2. The van der Waals surface area contributed by atoms with Crippen LogP contribution in [0.5, 0.6) is 5.75 Å². The van der Waals surface area contributed by atoms with Crippen LogP contribution in [0.4, 0.5) is 0 Å². The van der Waals surface area contributed by atoms with Crippen LogP contribution in [0.15, 0.2) is 59.8 Å². The smallest absolute Gasteiger partial charge is 0.316 e. The Morgan fingerprint density at radius 3 is 2.41 bits per heavy atom. The predicted octanol–water partition coefficient (Wildman–Crippen LogP) is 3.99. The van der Waals surface area contributed by atoms with Crippen molar-refractivity contribution in [3.63, 3.8) is 0 Å². The second-order valence-electron chi connectivity index (χ2n) is 6.03. The van der Waals surface area contributed by atoms with Gasteiger partial charge < -0.3 is 9.47 Å². The molecule has 0 radical (unpaired) electrons. The Labute approximate surface area is 162 Å². The molecule has 0 amide bonds. The average Bonchev–Trinajstić information content (AvgIpc) is 3.10. The minimum atomic E-state index is -0.277. The zero-order valence-corrected chi connectivity index (χ0v) is 16.3. The van der Waals surface area contributed by atoms with E-state index >= 15 is 0 Å². The standard InChI is InChI=1S/C20H21N3O3S/c1-14(2)26-18(24)13-27-20-22-21-19(15-7-5-4-6-8-15)23(20)16-9-11-17(25-3)12-10-16/h4-12,14H,13H2,1-3H3. The van der Waals surface area contributed by atoms with Gasteiger partial charge in [-0.2, -0.15) is 0 Å². The summed E-state index contributed by atoms with van der Waals surface area (Å²) in [5.74, 6) is 1.37. The third-order valence-electron chi connectivity index (χ3n) is 3.68. The molecule has 0 atom stereocenters. The van der Waals surface area contributed by atoms with Gasteiger partial charge in [-0.25, -0.2) is 0 Å². The van der Waals surface area contributed by atoms with E-state index in [4.69, 9.17) is 9.47 Å². The fraction of sp³-hybridized carbons (Fsp3) is 0.250. The first kappa shape index (κ1) is 19.0. The summed E-state index contributed by atoms with van der Waals surface area (Å²) in [4.78, 5) is 11.9. The van der Waals surface area contributed by atoms with Gasteiger partial charge in [0.1, 0.15) is 5.75 Å². The van der Waals surface area contributed by atoms with E-state index in [1.54, 1.807) is 7.11 Å². The Bertz CT molecular complexity index is 893. The number of nitrogens with zero attached hydrogens (tertiary/aromatic N) is 3. The van der Waals surface area contributed by atoms with Crippen LogP contribution in [-0.2, 0) is 9.53 Å². The molecule has 0 spiro atoms. The largest absolute Gasteiger partial charge is 0.497 e. The molecule has 6 nitrogen and oxygen atoms in total. The summed E-state index contributed by atoms with van der Waals surface area (Å²) in [6.07, 6.45) is -0.141. The van der Waals surface area contributed by atoms with Crippen LogP contribution in [0.1, 0.15) is 13.8 Å². The third-order valence-corrected chi connectivity index (χ3v) is 4.58. The van der Waals surface area contributed by atoms with Gasteiger partial charge in [0.15, 0.2) is 11.0 Å². The van der Waals surface area contributed by atoms with Gasteiger partial charge in [-0.1, -0.05) is 42.1 Å². The van der Waals surface area contributed by atoms with Crippen LogP contribution in [0.3, 0.4) is 0 Å². The lowest BCUT2D eigenvalue weighted by Gasteiger charge is -2.11. The molecule has 0 fully saturated rings. The summed E-state index contributed by atoms with van der Waals surface area (Å²) >= 11 is 1.30. The van der Waals surface area contributed by atoms with Crippen LogP contribution in [0, 0.1) is 0 Å². The van der Waals surface area contributed by atoms with E-state index in [0.717, 1.165) is 17.0 Å². The number of carbonyl (C=O) groups excluding carboxylic acids is 1. The summed E-state index contributed by atoms with van der Waals surface area (Å²) in [6, 6.07) is 17.4. The van der Waals surface area contributed by atoms with Crippen molar-refractivity contribution in [3.05, 3.63) is 54.6 Å². The van der Waals surface area contributed by atoms with Gasteiger partial charge in [0.2, 0.25) is 0 Å². The molecule has 140 valence electrons. The van der Waals surface area contributed by atoms with Gasteiger partial charge in [0, 0.05) is 11.3 Å². The molecule has 0 N–H and O–H groups in total. The predicted molar refractivity (Wildman–Crippen MR) is 105 cm³/mol. The second-order valence-corrected chi connectivity index (χ2v) is 6.98. The molecular formula is C20H21N3O3S. The molecule has 2 aromatic carbocycles. The highest BCUT2D eigenvalue weighted by Gasteiger charge is 2.18. The fourth-order valence-corrected chi connectivity index (χ4v) is 3.26. The van der Waals surface area contributed by atoms with E-state index in [1.165, 1.54) is 11.8 Å². The molecule has 0 aliphatic carbocycles. The first-order valence-electron chi connectivity index (χ1n) is 8.56. The maximum Gasteiger partial charge on any atom is 0.316 e. The first-order chi connectivity index (χ1) is 13.1. The maximum absolute atomic E-state index is 11.9. The Morgan fingerprint density at radius 1 is 1.07 bits per heavy atom. The normalized spacial score (nSPS) is 10.8. The van der Waals surface area contributed by atoms with Crippen molar-refractivity contribution in [3.8, 4) is 22.8 Å². The van der Waals surface area contributed by atoms with Gasteiger partial charge in [-0.05, 0) is 38.1 Å². The highest BCUT2D eigenvalue weighted by atomic mass is 32.2. The summed E-state index contributed by atoms with van der Waals surface area (Å²) < 4.78 is 12.4. The molecule has 7 heteroatoms. The number of hydrogen-bond donors (Lipinski definition) is 0. The van der Waals surface area contributed by atoms with Gasteiger partial charge in [-0.15, -0.1) is 10.2 Å². The lowest BCUT2D eigenvalue weighted by molar-refractivity contribution is -0.144. The van der Waals surface area contributed by atoms with Gasteiger partial charge >= 0.3 is 5.97 Å². The first-order valence-corrected chi connectivity index (χ1v) is 9.54. The topological polar surface area (TPSA) is 66.2 Å². The number of thioether (sulfide) groups is 1. The van der Waals surface area contributed by atoms with Crippen molar-refractivity contribution in [1.29, 1.82) is 0 Å². The van der Waals surface area contributed by atoms with Crippen LogP contribution >= 0.6 is 11.8 Å². The lowest BCUT2D eigenvalue weighted by atomic mass is 10.2. The van der Waals surface area contributed by atoms with Crippen molar-refractivity contribution in [2.45, 2.75) is 25.1 Å². The molecule has 0 aliphatic rings. The van der Waals surface area contributed by atoms with Crippen molar-refractivity contribution in [2.75, 3.05) is 12.9 Å². The minimum Gasteiger partial charge on any atom is -0.497 e. The van der Waals surface area contributed by atoms with Crippen molar-refractivity contribution < 1.29 is 14.3 Å². The minimum absolute atomic E-state index is 0.141. The monoisotopic (exact) mass is 383 g/mol. The Hall–Kier alpha value is -2.80. The molecule has 0 aliphatic heterocycles. The van der Waals surface area contributed by atoms with Crippen LogP contribution in [-0.4, -0.2) is 39.7 Å². The SMILES string of the molecule is COc1ccc(-n2c(SCC(=O)OC(C)C)nnc2-c2ccccc2)cc1. The van der Waals surface area contributed by atoms with Crippen LogP contribution in [0.25, 0.3) is 17.1 Å². The van der Waals surface area contributed by atoms with Crippen LogP contribution < -0.4 is 4.74 Å². The zero-order valence-electron chi connectivity index (χ0n) is 15.5. The Balaban J connectivity index is 1.95. The Morgan fingerprint density at radius 2 is 1.78 bits per heavy atom. The number of carbonyl (C=O) groups is 1. The van der Waals surface area contributed by atoms with Gasteiger partial charge in [0.05, 0.1) is 19.0 Å². The van der Waals surface area contributed by atoms with Gasteiger partial charge in [-0.3, -0.25) is 9.36 Å². The maximum atomic E-state index is 11.9. The summed E-state index contributed by atoms with van der Waals surface area (Å²) in [5, 5.41) is 9.28. The molecule has 1 heterocycles. The molecule has 1 aromatic heterocycles. The van der Waals surface area contributed by atoms with Crippen molar-refractivity contribution in [1.82, 2.24) is 14.8 Å². The molecule has 0 bridgehead atoms. The van der Waals surface area contributed by atoms with E-state index < -0.39 is 0 Å². The fourth-order valence-electron chi connectivity index (χ4n) is 2.52. The van der Waals surface area contributed by atoms with E-state index in [2.05, 4.69) is 10.2 Å². The highest BCUT2D eigenvalue weighted by Crippen LogP contribution is 2.28. The number of methoxy groups -OCH3 is 1. The molecular weight excluding hydrogens is 362 g/mol. The number of hydrogen-bond acceptors (Lipinski definition) is 6. The molecule has 27 heavy (non-hydrogen) atoms. The summed E-state index contributed by atoms with van der Waals surface area (Å²) in [7, 11) is 1.63. The third kappa shape index (κ3) is 4.68. The number of aromatic nitrogens is 3. The van der Waals surface area contributed by atoms with Crippen molar-refractivity contribution in [2.24, 2.45) is 0 Å². The summed E-state index contributed by atoms with van der Waals surface area (Å²) in [6.45, 7) is 3.66. The average molecular weight is 383 g/mol. The molecule has 0 saturated carbocycles. The lowest BCUT2D eigenvalue weighted by Crippen LogP contribution is -2.13. The number of benzene rings is 2. The zero-order chi connectivity index (χ0) is 19.2. The molecule has 3 aromatic rings. The van der Waals surface area contributed by atoms with E-state index in [0.29, 0.717) is 11.0 Å². The van der Waals surface area contributed by atoms with Crippen LogP contribution in [0.2, 0.25) is 0 Å². The van der Waals surface area contributed by atoms with E-state index in [-0.39, 0.29) is 17.8 Å².